The molecule has 0 saturated heterocycles. The molecule has 0 heterocycles. The minimum absolute atomic E-state index is 0.161. The van der Waals surface area contributed by atoms with Gasteiger partial charge < -0.3 is 25.8 Å². The summed E-state index contributed by atoms with van der Waals surface area (Å²) in [5.74, 6) is 0.631. The number of carbonyl (C=O) groups is 1. The monoisotopic (exact) mass is 416 g/mol. The van der Waals surface area contributed by atoms with Crippen LogP contribution in [0.1, 0.15) is 12.5 Å². The summed E-state index contributed by atoms with van der Waals surface area (Å²) in [6.07, 6.45) is 0.249. The van der Waals surface area contributed by atoms with Crippen LogP contribution in [0.5, 0.6) is 11.5 Å². The summed E-state index contributed by atoms with van der Waals surface area (Å²) in [6.45, 7) is 2.71. The molecule has 0 fully saturated rings. The number of ether oxygens (including phenoxy) is 2. The second kappa shape index (κ2) is 11.6. The minimum atomic E-state index is -0.462. The van der Waals surface area contributed by atoms with Crippen molar-refractivity contribution in [3.8, 4) is 11.5 Å². The fraction of sp³-hybridized carbons (Fsp3) is 0.364. The standard InChI is InChI=1S/C22H29FN4O3/c1-15(30-20-7-5-4-6-19(20)29-3)13-26-22(25-2)27-14-17(21(24)28)12-16-8-10-18(23)11-9-16/h4-11,15,17H,12-14H2,1-3H3,(H2,24,28)(H2,25,26,27). The summed E-state index contributed by atoms with van der Waals surface area (Å²) < 4.78 is 24.3. The number of hydrogen-bond donors (Lipinski definition) is 3. The van der Waals surface area contributed by atoms with Crippen LogP contribution in [-0.4, -0.2) is 45.2 Å². The molecule has 162 valence electrons. The molecule has 0 saturated carbocycles. The number of hydrogen-bond acceptors (Lipinski definition) is 4. The van der Waals surface area contributed by atoms with Crippen LogP contribution < -0.4 is 25.8 Å². The van der Waals surface area contributed by atoms with Gasteiger partial charge in [0.05, 0.1) is 19.6 Å². The molecule has 0 aromatic heterocycles. The lowest BCUT2D eigenvalue weighted by Gasteiger charge is -2.20. The van der Waals surface area contributed by atoms with Crippen molar-refractivity contribution in [1.82, 2.24) is 10.6 Å². The number of halogens is 1. The van der Waals surface area contributed by atoms with Crippen LogP contribution in [0, 0.1) is 11.7 Å². The number of amides is 1. The predicted octanol–water partition coefficient (Wildman–Crippen LogP) is 2.11. The predicted molar refractivity (Wildman–Crippen MR) is 115 cm³/mol. The first-order valence-corrected chi connectivity index (χ1v) is 9.70. The maximum atomic E-state index is 13.1. The van der Waals surface area contributed by atoms with Gasteiger partial charge in [-0.1, -0.05) is 24.3 Å². The van der Waals surface area contributed by atoms with Crippen molar-refractivity contribution >= 4 is 11.9 Å². The second-order valence-corrected chi connectivity index (χ2v) is 6.84. The molecule has 0 radical (unpaired) electrons. The number of guanidine groups is 1. The van der Waals surface area contributed by atoms with Crippen molar-refractivity contribution in [1.29, 1.82) is 0 Å². The van der Waals surface area contributed by atoms with E-state index in [0.717, 1.165) is 5.56 Å². The van der Waals surface area contributed by atoms with Crippen molar-refractivity contribution in [3.63, 3.8) is 0 Å². The zero-order valence-electron chi connectivity index (χ0n) is 17.5. The van der Waals surface area contributed by atoms with Gasteiger partial charge in [0.2, 0.25) is 5.91 Å². The van der Waals surface area contributed by atoms with E-state index < -0.39 is 11.8 Å². The van der Waals surface area contributed by atoms with Gasteiger partial charge in [-0.25, -0.2) is 4.39 Å². The lowest BCUT2D eigenvalue weighted by molar-refractivity contribution is -0.121. The van der Waals surface area contributed by atoms with E-state index in [1.54, 1.807) is 26.3 Å². The highest BCUT2D eigenvalue weighted by atomic mass is 19.1. The van der Waals surface area contributed by atoms with Gasteiger partial charge in [0.1, 0.15) is 11.9 Å². The number of nitrogens with one attached hydrogen (secondary N) is 2. The van der Waals surface area contributed by atoms with E-state index in [9.17, 15) is 9.18 Å². The molecule has 0 bridgehead atoms. The first kappa shape index (κ1) is 23.0. The van der Waals surface area contributed by atoms with Crippen molar-refractivity contribution in [2.75, 3.05) is 27.2 Å². The lowest BCUT2D eigenvalue weighted by Crippen LogP contribution is -2.45. The van der Waals surface area contributed by atoms with E-state index in [1.807, 2.05) is 31.2 Å². The van der Waals surface area contributed by atoms with Crippen LogP contribution in [0.15, 0.2) is 53.5 Å². The largest absolute Gasteiger partial charge is 0.493 e. The first-order chi connectivity index (χ1) is 14.4. The maximum Gasteiger partial charge on any atom is 0.222 e. The number of rotatable bonds is 10. The van der Waals surface area contributed by atoms with E-state index in [0.29, 0.717) is 37.0 Å². The fourth-order valence-electron chi connectivity index (χ4n) is 2.83. The molecule has 8 heteroatoms. The number of aliphatic imine (C=N–C) groups is 1. The second-order valence-electron chi connectivity index (χ2n) is 6.84. The summed E-state index contributed by atoms with van der Waals surface area (Å²) in [6, 6.07) is 13.5. The first-order valence-electron chi connectivity index (χ1n) is 9.70. The highest BCUT2D eigenvalue weighted by molar-refractivity contribution is 5.81. The lowest BCUT2D eigenvalue weighted by atomic mass is 9.98. The normalized spacial score (nSPS) is 13.3. The number of primary amides is 1. The van der Waals surface area contributed by atoms with Crippen LogP contribution in [0.3, 0.4) is 0 Å². The molecule has 2 aromatic rings. The van der Waals surface area contributed by atoms with Crippen molar-refractivity contribution in [2.45, 2.75) is 19.4 Å². The van der Waals surface area contributed by atoms with E-state index in [1.165, 1.54) is 12.1 Å². The fourth-order valence-corrected chi connectivity index (χ4v) is 2.83. The summed E-state index contributed by atoms with van der Waals surface area (Å²) in [5, 5.41) is 6.27. The molecule has 7 nitrogen and oxygen atoms in total. The van der Waals surface area contributed by atoms with Gasteiger partial charge in [-0.2, -0.15) is 0 Å². The van der Waals surface area contributed by atoms with Crippen LogP contribution in [0.2, 0.25) is 0 Å². The molecular weight excluding hydrogens is 387 g/mol. The Morgan fingerprint density at radius 2 is 1.73 bits per heavy atom. The third-order valence-electron chi connectivity index (χ3n) is 4.49. The molecular formula is C22H29FN4O3. The van der Waals surface area contributed by atoms with Crippen molar-refractivity contribution < 1.29 is 18.7 Å². The van der Waals surface area contributed by atoms with E-state index in [-0.39, 0.29) is 11.9 Å². The van der Waals surface area contributed by atoms with Crippen molar-refractivity contribution in [3.05, 3.63) is 59.9 Å². The molecule has 2 atom stereocenters. The third-order valence-corrected chi connectivity index (χ3v) is 4.49. The van der Waals surface area contributed by atoms with E-state index in [4.69, 9.17) is 15.2 Å². The number of nitrogens with two attached hydrogens (primary N) is 1. The maximum absolute atomic E-state index is 13.1. The van der Waals surface area contributed by atoms with E-state index >= 15 is 0 Å². The quantitative estimate of drug-likeness (QED) is 0.407. The van der Waals surface area contributed by atoms with Crippen LogP contribution in [0.4, 0.5) is 4.39 Å². The summed E-state index contributed by atoms with van der Waals surface area (Å²) in [5.41, 5.74) is 6.37. The van der Waals surface area contributed by atoms with Crippen LogP contribution in [0.25, 0.3) is 0 Å². The molecule has 2 unspecified atom stereocenters. The Hall–Kier alpha value is -3.29. The van der Waals surface area contributed by atoms with Gasteiger partial charge in [-0.3, -0.25) is 9.79 Å². The van der Waals surface area contributed by atoms with Gasteiger partial charge in [0, 0.05) is 13.6 Å². The highest BCUT2D eigenvalue weighted by Crippen LogP contribution is 2.26. The number of methoxy groups -OCH3 is 1. The molecule has 30 heavy (non-hydrogen) atoms. The molecule has 4 N–H and O–H groups in total. The minimum Gasteiger partial charge on any atom is -0.493 e. The van der Waals surface area contributed by atoms with Gasteiger partial charge in [0.25, 0.3) is 0 Å². The Kier molecular flexibility index (Phi) is 8.93. The van der Waals surface area contributed by atoms with Crippen LogP contribution >= 0.6 is 0 Å². The van der Waals surface area contributed by atoms with Gasteiger partial charge in [-0.05, 0) is 43.2 Å². The average Bonchev–Trinajstić information content (AvgIpc) is 2.74. The van der Waals surface area contributed by atoms with Gasteiger partial charge in [0.15, 0.2) is 17.5 Å². The topological polar surface area (TPSA) is 98.0 Å². The number of nitrogens with zero attached hydrogens (tertiary/aromatic N) is 1. The zero-order chi connectivity index (χ0) is 21.9. The molecule has 0 aliphatic heterocycles. The van der Waals surface area contributed by atoms with Gasteiger partial charge in [-0.15, -0.1) is 0 Å². The van der Waals surface area contributed by atoms with E-state index in [2.05, 4.69) is 15.6 Å². The molecule has 2 rings (SSSR count). The molecule has 2 aromatic carbocycles. The number of para-hydroxylation sites is 2. The van der Waals surface area contributed by atoms with Crippen LogP contribution in [-0.2, 0) is 11.2 Å². The molecule has 0 aliphatic carbocycles. The Balaban J connectivity index is 1.85. The number of carbonyl (C=O) groups excluding carboxylic acids is 1. The average molecular weight is 416 g/mol. The molecule has 0 spiro atoms. The Labute approximate surface area is 176 Å². The summed E-state index contributed by atoms with van der Waals surface area (Å²) in [4.78, 5) is 16.0. The Bertz CT molecular complexity index is 843. The smallest absolute Gasteiger partial charge is 0.222 e. The summed E-state index contributed by atoms with van der Waals surface area (Å²) in [7, 11) is 3.23. The summed E-state index contributed by atoms with van der Waals surface area (Å²) >= 11 is 0. The SMILES string of the molecule is CN=C(NCC(C)Oc1ccccc1OC)NCC(Cc1ccc(F)cc1)C(N)=O. The Morgan fingerprint density at radius 3 is 2.33 bits per heavy atom. The van der Waals surface area contributed by atoms with Gasteiger partial charge >= 0.3 is 0 Å². The third kappa shape index (κ3) is 7.27. The highest BCUT2D eigenvalue weighted by Gasteiger charge is 2.17. The number of benzene rings is 2. The van der Waals surface area contributed by atoms with Crippen molar-refractivity contribution in [2.24, 2.45) is 16.6 Å². The Morgan fingerprint density at radius 1 is 1.10 bits per heavy atom. The molecule has 1 amide bonds. The zero-order valence-corrected chi connectivity index (χ0v) is 17.5. The molecule has 0 aliphatic rings.